The summed E-state index contributed by atoms with van der Waals surface area (Å²) in [6.07, 6.45) is 0. The van der Waals surface area contributed by atoms with Crippen molar-refractivity contribution in [1.29, 1.82) is 10.5 Å². The molecule has 1 amide bonds. The Kier molecular flexibility index (Phi) is 5.81. The van der Waals surface area contributed by atoms with Crippen molar-refractivity contribution in [2.24, 2.45) is 7.05 Å². The fourth-order valence-corrected chi connectivity index (χ4v) is 4.14. The number of aromatic nitrogens is 3. The Balaban J connectivity index is 1.63. The van der Waals surface area contributed by atoms with Gasteiger partial charge in [-0.15, -0.1) is 0 Å². The van der Waals surface area contributed by atoms with Gasteiger partial charge in [0.25, 0.3) is 0 Å². The average molecular weight is 458 g/mol. The van der Waals surface area contributed by atoms with Gasteiger partial charge in [-0.05, 0) is 28.2 Å². The van der Waals surface area contributed by atoms with Gasteiger partial charge in [0.05, 0.1) is 11.3 Å². The number of benzene rings is 2. The Morgan fingerprint density at radius 1 is 1.21 bits per heavy atom. The first-order valence-electron chi connectivity index (χ1n) is 9.56. The zero-order chi connectivity index (χ0) is 23.5. The predicted molar refractivity (Wildman–Crippen MR) is 121 cm³/mol. The molecule has 0 fully saturated rings. The highest BCUT2D eigenvalue weighted by Crippen LogP contribution is 2.33. The fraction of sp³-hybridized carbons (Fsp3) is 0.0909. The number of pyridine rings is 1. The van der Waals surface area contributed by atoms with E-state index in [0.29, 0.717) is 5.69 Å². The Morgan fingerprint density at radius 2 is 1.94 bits per heavy atom. The van der Waals surface area contributed by atoms with Crippen LogP contribution in [0.1, 0.15) is 11.1 Å². The molecule has 0 saturated carbocycles. The van der Waals surface area contributed by atoms with Crippen molar-refractivity contribution >= 4 is 39.9 Å². The van der Waals surface area contributed by atoms with Crippen LogP contribution in [0.3, 0.4) is 0 Å². The van der Waals surface area contributed by atoms with Crippen LogP contribution < -0.4 is 21.4 Å². The van der Waals surface area contributed by atoms with E-state index >= 15 is 0 Å². The molecule has 162 valence electrons. The number of nitrogen functional groups attached to an aromatic ring is 1. The van der Waals surface area contributed by atoms with E-state index in [0.717, 1.165) is 22.5 Å². The normalized spacial score (nSPS) is 10.5. The van der Waals surface area contributed by atoms with Gasteiger partial charge < -0.3 is 11.1 Å². The molecule has 0 atom stereocenters. The van der Waals surface area contributed by atoms with Crippen LogP contribution in [0, 0.1) is 22.7 Å². The summed E-state index contributed by atoms with van der Waals surface area (Å²) in [6.45, 7) is 0. The lowest BCUT2D eigenvalue weighted by molar-refractivity contribution is -0.730. The number of aryl methyl sites for hydroxylation is 1. The summed E-state index contributed by atoms with van der Waals surface area (Å²) in [6, 6.07) is 17.2. The van der Waals surface area contributed by atoms with Crippen LogP contribution >= 0.6 is 11.8 Å². The van der Waals surface area contributed by atoms with Crippen molar-refractivity contribution in [3.63, 3.8) is 0 Å². The highest BCUT2D eigenvalue weighted by atomic mass is 32.2. The summed E-state index contributed by atoms with van der Waals surface area (Å²) in [5.41, 5.74) is 5.56. The monoisotopic (exact) mass is 458 g/mol. The van der Waals surface area contributed by atoms with E-state index < -0.39 is 5.63 Å². The van der Waals surface area contributed by atoms with Crippen molar-refractivity contribution in [3.05, 3.63) is 64.0 Å². The van der Waals surface area contributed by atoms with Crippen LogP contribution in [0.2, 0.25) is 0 Å². The van der Waals surface area contributed by atoms with Crippen molar-refractivity contribution in [2.75, 3.05) is 16.8 Å². The van der Waals surface area contributed by atoms with E-state index in [1.54, 1.807) is 6.07 Å². The summed E-state index contributed by atoms with van der Waals surface area (Å²) in [7, 11) is 1.49. The molecule has 10 nitrogen and oxygen atoms in total. The van der Waals surface area contributed by atoms with Gasteiger partial charge in [0.15, 0.2) is 7.05 Å². The van der Waals surface area contributed by atoms with Crippen LogP contribution in [-0.4, -0.2) is 21.9 Å². The van der Waals surface area contributed by atoms with Gasteiger partial charge in [-0.25, -0.2) is 9.78 Å². The van der Waals surface area contributed by atoms with E-state index in [-0.39, 0.29) is 44.9 Å². The smallest absolute Gasteiger partial charge is 0.383 e. The molecule has 0 spiro atoms. The molecule has 2 aromatic heterocycles. The summed E-state index contributed by atoms with van der Waals surface area (Å²) in [4.78, 5) is 28.9. The second kappa shape index (κ2) is 8.86. The van der Waals surface area contributed by atoms with Crippen molar-refractivity contribution in [3.8, 4) is 23.4 Å². The topological polar surface area (TPSA) is 165 Å². The lowest BCUT2D eigenvalue weighted by Crippen LogP contribution is -2.34. The molecule has 33 heavy (non-hydrogen) atoms. The standard InChI is InChI=1S/C22H15N7O3S/c1-29-19(22(31)32-28-29)18-15(9-23)20(25)27-21(16(18)10-24)33-11-17(30)26-14-7-6-12-4-2-3-5-13(12)8-14/h2-8H,11H2,1H3,(H3-,25,26,27,28,30,31)/p+1. The first kappa shape index (κ1) is 21.6. The van der Waals surface area contributed by atoms with Crippen LogP contribution in [0.4, 0.5) is 11.5 Å². The van der Waals surface area contributed by atoms with Crippen molar-refractivity contribution in [1.82, 2.24) is 10.3 Å². The minimum atomic E-state index is -0.777. The zero-order valence-corrected chi connectivity index (χ0v) is 18.1. The number of aromatic amines is 1. The number of thioether (sulfide) groups is 1. The molecule has 0 bridgehead atoms. The number of carbonyl (C=O) groups excluding carboxylic acids is 1. The second-order valence-corrected chi connectivity index (χ2v) is 7.90. The lowest BCUT2D eigenvalue weighted by Gasteiger charge is -2.10. The highest BCUT2D eigenvalue weighted by molar-refractivity contribution is 8.00. The maximum absolute atomic E-state index is 12.6. The highest BCUT2D eigenvalue weighted by Gasteiger charge is 2.31. The molecule has 2 aromatic carbocycles. The van der Waals surface area contributed by atoms with Gasteiger partial charge in [0.2, 0.25) is 5.91 Å². The van der Waals surface area contributed by atoms with E-state index in [4.69, 9.17) is 10.3 Å². The molecular weight excluding hydrogens is 442 g/mol. The summed E-state index contributed by atoms with van der Waals surface area (Å²) in [5.74, 6) is -0.561. The van der Waals surface area contributed by atoms with Gasteiger partial charge in [-0.2, -0.15) is 10.5 Å². The van der Waals surface area contributed by atoms with E-state index in [2.05, 4.69) is 15.6 Å². The number of nitriles is 2. The van der Waals surface area contributed by atoms with Crippen molar-refractivity contribution in [2.45, 2.75) is 5.03 Å². The first-order chi connectivity index (χ1) is 15.9. The number of H-pyrrole nitrogens is 1. The van der Waals surface area contributed by atoms with Gasteiger partial charge in [0, 0.05) is 5.69 Å². The van der Waals surface area contributed by atoms with E-state index in [9.17, 15) is 20.1 Å². The minimum Gasteiger partial charge on any atom is -0.383 e. The maximum Gasteiger partial charge on any atom is 0.435 e. The quantitative estimate of drug-likeness (QED) is 0.302. The molecule has 0 aliphatic heterocycles. The molecule has 11 heteroatoms. The van der Waals surface area contributed by atoms with Crippen LogP contribution in [0.25, 0.3) is 22.0 Å². The predicted octanol–water partition coefficient (Wildman–Crippen LogP) is 2.06. The number of hydrogen-bond acceptors (Lipinski definition) is 8. The zero-order valence-electron chi connectivity index (χ0n) is 17.2. The Hall–Kier alpha value is -4.61. The molecule has 0 saturated heterocycles. The Morgan fingerprint density at radius 3 is 2.61 bits per heavy atom. The largest absolute Gasteiger partial charge is 0.435 e. The van der Waals surface area contributed by atoms with Crippen LogP contribution in [0.15, 0.2) is 56.8 Å². The minimum absolute atomic E-state index is 0.00226. The third-order valence-electron chi connectivity index (χ3n) is 4.83. The number of fused-ring (bicyclic) bond motifs is 1. The van der Waals surface area contributed by atoms with Crippen LogP contribution in [0.5, 0.6) is 0 Å². The number of anilines is 2. The molecule has 4 aromatic rings. The number of rotatable bonds is 5. The van der Waals surface area contributed by atoms with Gasteiger partial charge >= 0.3 is 11.3 Å². The van der Waals surface area contributed by atoms with Crippen molar-refractivity contribution < 1.29 is 14.0 Å². The summed E-state index contributed by atoms with van der Waals surface area (Å²) in [5, 5.41) is 26.6. The second-order valence-electron chi connectivity index (χ2n) is 6.94. The number of amides is 1. The number of nitrogens with two attached hydrogens (primary N) is 1. The molecule has 0 aliphatic carbocycles. The molecule has 2 heterocycles. The molecular formula is C22H16N7O3S+. The molecule has 4 N–H and O–H groups in total. The number of hydrogen-bond donors (Lipinski definition) is 3. The number of carbonyl (C=O) groups is 1. The fourth-order valence-electron chi connectivity index (χ4n) is 3.35. The molecule has 0 aliphatic rings. The molecule has 0 radical (unpaired) electrons. The maximum atomic E-state index is 12.6. The third kappa shape index (κ3) is 4.13. The Labute approximate surface area is 191 Å². The van der Waals surface area contributed by atoms with Gasteiger partial charge in [0.1, 0.15) is 34.1 Å². The van der Waals surface area contributed by atoms with E-state index in [1.807, 2.05) is 48.5 Å². The van der Waals surface area contributed by atoms with E-state index in [1.165, 1.54) is 11.7 Å². The van der Waals surface area contributed by atoms with Gasteiger partial charge in [-0.3, -0.25) is 9.32 Å². The van der Waals surface area contributed by atoms with Gasteiger partial charge in [-0.1, -0.05) is 46.8 Å². The Bertz CT molecular complexity index is 1540. The summed E-state index contributed by atoms with van der Waals surface area (Å²) < 4.78 is 5.99. The SMILES string of the molecule is C[n+]1[nH]oc(=O)c1-c1c(C#N)c(N)nc(SCC(=O)Nc2ccc3ccccc3c2)c1C#N. The summed E-state index contributed by atoms with van der Waals surface area (Å²) >= 11 is 0.972. The average Bonchev–Trinajstić information content (AvgIpc) is 3.14. The first-order valence-corrected chi connectivity index (χ1v) is 10.5. The third-order valence-corrected chi connectivity index (χ3v) is 5.81. The molecule has 4 rings (SSSR count). The lowest BCUT2D eigenvalue weighted by atomic mass is 10.0. The molecule has 0 unspecified atom stereocenters. The number of nitrogens with one attached hydrogen (secondary N) is 2. The number of nitrogens with zero attached hydrogens (tertiary/aromatic N) is 4. The van der Waals surface area contributed by atoms with Crippen LogP contribution in [-0.2, 0) is 11.8 Å².